The molecule has 2 aliphatic rings. The third-order valence-electron chi connectivity index (χ3n) is 5.31. The molecule has 2 fully saturated rings. The molecule has 0 amide bonds. The molecule has 0 bridgehead atoms. The fourth-order valence-electron chi connectivity index (χ4n) is 4.13. The van der Waals surface area contributed by atoms with E-state index in [4.69, 9.17) is 0 Å². The van der Waals surface area contributed by atoms with E-state index >= 15 is 0 Å². The van der Waals surface area contributed by atoms with Crippen molar-refractivity contribution < 1.29 is 5.11 Å². The highest BCUT2D eigenvalue weighted by Crippen LogP contribution is 2.54. The predicted octanol–water partition coefficient (Wildman–Crippen LogP) is 2.50. The highest BCUT2D eigenvalue weighted by Gasteiger charge is 2.54. The van der Waals surface area contributed by atoms with Crippen LogP contribution in [0, 0.1) is 18.8 Å². The van der Waals surface area contributed by atoms with Crippen LogP contribution in [-0.4, -0.2) is 33.0 Å². The van der Waals surface area contributed by atoms with Crippen molar-refractivity contribution in [1.82, 2.24) is 20.1 Å². The summed E-state index contributed by atoms with van der Waals surface area (Å²) >= 11 is 0. The molecule has 5 heteroatoms. The second kappa shape index (κ2) is 4.55. The SMILES string of the molecule is Cc1cc2nnc(-c3ccccc3O)cc2n1[C@H]1[C@@H]2CNC[C@@H]21. The summed E-state index contributed by atoms with van der Waals surface area (Å²) in [5, 5.41) is 22.2. The molecule has 5 nitrogen and oxygen atoms in total. The number of aromatic nitrogens is 3. The number of fused-ring (bicyclic) bond motifs is 2. The van der Waals surface area contributed by atoms with Crippen molar-refractivity contribution >= 4 is 11.0 Å². The van der Waals surface area contributed by atoms with Crippen LogP contribution in [0.15, 0.2) is 36.4 Å². The summed E-state index contributed by atoms with van der Waals surface area (Å²) in [6.07, 6.45) is 0. The van der Waals surface area contributed by atoms with Crippen LogP contribution in [0.25, 0.3) is 22.3 Å². The van der Waals surface area contributed by atoms with Gasteiger partial charge in [0.05, 0.1) is 11.2 Å². The summed E-state index contributed by atoms with van der Waals surface area (Å²) in [5.74, 6) is 1.72. The largest absolute Gasteiger partial charge is 0.507 e. The van der Waals surface area contributed by atoms with Crippen LogP contribution in [0.5, 0.6) is 5.75 Å². The van der Waals surface area contributed by atoms with E-state index in [1.807, 2.05) is 18.2 Å². The van der Waals surface area contributed by atoms with Crippen LogP contribution in [0.4, 0.5) is 0 Å². The Morgan fingerprint density at radius 2 is 1.91 bits per heavy atom. The molecule has 0 radical (unpaired) electrons. The second-order valence-corrected chi connectivity index (χ2v) is 6.65. The van der Waals surface area contributed by atoms with Crippen molar-refractivity contribution in [3.63, 3.8) is 0 Å². The van der Waals surface area contributed by atoms with Gasteiger partial charge in [0, 0.05) is 30.4 Å². The lowest BCUT2D eigenvalue weighted by Crippen LogP contribution is -2.17. The van der Waals surface area contributed by atoms with E-state index in [2.05, 4.69) is 39.1 Å². The normalized spacial score (nSPS) is 25.7. The van der Waals surface area contributed by atoms with Crippen molar-refractivity contribution in [1.29, 1.82) is 0 Å². The van der Waals surface area contributed by atoms with Gasteiger partial charge in [-0.15, -0.1) is 10.2 Å². The van der Waals surface area contributed by atoms with Crippen LogP contribution in [0.3, 0.4) is 0 Å². The first kappa shape index (κ1) is 13.1. The van der Waals surface area contributed by atoms with E-state index in [-0.39, 0.29) is 5.75 Å². The smallest absolute Gasteiger partial charge is 0.125 e. The van der Waals surface area contributed by atoms with E-state index in [0.29, 0.717) is 6.04 Å². The van der Waals surface area contributed by atoms with Gasteiger partial charge in [-0.25, -0.2) is 0 Å². The number of phenols is 1. The molecule has 2 aromatic heterocycles. The molecule has 1 aliphatic heterocycles. The van der Waals surface area contributed by atoms with Gasteiger partial charge in [-0.2, -0.15) is 0 Å². The first-order chi connectivity index (χ1) is 11.2. The minimum atomic E-state index is 0.239. The topological polar surface area (TPSA) is 63.0 Å². The zero-order valence-corrected chi connectivity index (χ0v) is 12.9. The van der Waals surface area contributed by atoms with Gasteiger partial charge in [-0.3, -0.25) is 0 Å². The van der Waals surface area contributed by atoms with Crippen molar-refractivity contribution in [3.8, 4) is 17.0 Å². The summed E-state index contributed by atoms with van der Waals surface area (Å²) < 4.78 is 2.42. The number of nitrogens with zero attached hydrogens (tertiary/aromatic N) is 3. The van der Waals surface area contributed by atoms with Crippen molar-refractivity contribution in [2.45, 2.75) is 13.0 Å². The molecule has 23 heavy (non-hydrogen) atoms. The number of nitrogens with one attached hydrogen (secondary N) is 1. The third-order valence-corrected chi connectivity index (χ3v) is 5.31. The Hall–Kier alpha value is -2.40. The Bertz CT molecular complexity index is 907. The number of aryl methyl sites for hydroxylation is 1. The van der Waals surface area contributed by atoms with Gasteiger partial charge in [0.25, 0.3) is 0 Å². The highest BCUT2D eigenvalue weighted by molar-refractivity contribution is 5.82. The maximum Gasteiger partial charge on any atom is 0.125 e. The molecule has 1 aliphatic carbocycles. The highest BCUT2D eigenvalue weighted by atomic mass is 16.3. The summed E-state index contributed by atoms with van der Waals surface area (Å²) in [6.45, 7) is 4.36. The zero-order valence-electron chi connectivity index (χ0n) is 12.9. The molecule has 3 aromatic rings. The second-order valence-electron chi connectivity index (χ2n) is 6.65. The number of phenolic OH excluding ortho intramolecular Hbond substituents is 1. The lowest BCUT2D eigenvalue weighted by atomic mass is 10.1. The Kier molecular flexibility index (Phi) is 2.59. The summed E-state index contributed by atoms with van der Waals surface area (Å²) in [4.78, 5) is 0. The monoisotopic (exact) mass is 306 g/mol. The quantitative estimate of drug-likeness (QED) is 0.763. The van der Waals surface area contributed by atoms with Gasteiger partial charge in [0.2, 0.25) is 0 Å². The van der Waals surface area contributed by atoms with Gasteiger partial charge in [-0.05, 0) is 43.0 Å². The molecular weight excluding hydrogens is 288 g/mol. The molecule has 3 heterocycles. The maximum absolute atomic E-state index is 10.1. The van der Waals surface area contributed by atoms with Gasteiger partial charge < -0.3 is 15.0 Å². The lowest BCUT2D eigenvalue weighted by Gasteiger charge is -2.11. The van der Waals surface area contributed by atoms with Crippen LogP contribution in [0.2, 0.25) is 0 Å². The number of para-hydroxylation sites is 1. The van der Waals surface area contributed by atoms with Crippen molar-refractivity contribution in [2.75, 3.05) is 13.1 Å². The molecular formula is C18H18N4O. The molecule has 1 saturated heterocycles. The molecule has 0 unspecified atom stereocenters. The molecule has 0 spiro atoms. The Morgan fingerprint density at radius 3 is 2.70 bits per heavy atom. The molecule has 1 aromatic carbocycles. The summed E-state index contributed by atoms with van der Waals surface area (Å²) in [5.41, 5.74) is 4.74. The van der Waals surface area contributed by atoms with Crippen LogP contribution < -0.4 is 5.32 Å². The average molecular weight is 306 g/mol. The molecule has 116 valence electrons. The Morgan fingerprint density at radius 1 is 1.13 bits per heavy atom. The van der Waals surface area contributed by atoms with Gasteiger partial charge >= 0.3 is 0 Å². The minimum absolute atomic E-state index is 0.239. The molecule has 1 saturated carbocycles. The summed E-state index contributed by atoms with van der Waals surface area (Å²) in [7, 11) is 0. The summed E-state index contributed by atoms with van der Waals surface area (Å²) in [6, 6.07) is 12.0. The number of piperidine rings is 1. The molecule has 5 rings (SSSR count). The molecule has 2 N–H and O–H groups in total. The van der Waals surface area contributed by atoms with E-state index in [9.17, 15) is 5.11 Å². The standard InChI is InChI=1S/C18H18N4O/c1-10-6-15-16(22(10)18-12-8-19-9-13(12)18)7-14(20-21-15)11-4-2-3-5-17(11)23/h2-7,12-13,18-19,23H,8-9H2,1H3/t12-,13+,18+. The fourth-order valence-corrected chi connectivity index (χ4v) is 4.13. The number of rotatable bonds is 2. The van der Waals surface area contributed by atoms with Crippen LogP contribution in [-0.2, 0) is 0 Å². The number of hydrogen-bond donors (Lipinski definition) is 2. The van der Waals surface area contributed by atoms with Crippen molar-refractivity contribution in [3.05, 3.63) is 42.1 Å². The first-order valence-electron chi connectivity index (χ1n) is 8.08. The molecule has 3 atom stereocenters. The van der Waals surface area contributed by atoms with Gasteiger partial charge in [0.1, 0.15) is 11.3 Å². The zero-order chi connectivity index (χ0) is 15.6. The number of benzene rings is 1. The first-order valence-corrected chi connectivity index (χ1v) is 8.08. The lowest BCUT2D eigenvalue weighted by molar-refractivity contribution is 0.477. The number of aromatic hydroxyl groups is 1. The van der Waals surface area contributed by atoms with Gasteiger partial charge in [0.15, 0.2) is 0 Å². The van der Waals surface area contributed by atoms with E-state index in [1.165, 1.54) is 5.69 Å². The average Bonchev–Trinajstić information content (AvgIpc) is 2.92. The maximum atomic E-state index is 10.1. The predicted molar refractivity (Wildman–Crippen MR) is 88.3 cm³/mol. The van der Waals surface area contributed by atoms with Gasteiger partial charge in [-0.1, -0.05) is 12.1 Å². The van der Waals surface area contributed by atoms with Crippen LogP contribution in [0.1, 0.15) is 11.7 Å². The van der Waals surface area contributed by atoms with Crippen LogP contribution >= 0.6 is 0 Å². The van der Waals surface area contributed by atoms with E-state index in [0.717, 1.165) is 47.2 Å². The third kappa shape index (κ3) is 1.83. The Balaban J connectivity index is 1.66. The van der Waals surface area contributed by atoms with E-state index in [1.54, 1.807) is 6.07 Å². The van der Waals surface area contributed by atoms with Crippen molar-refractivity contribution in [2.24, 2.45) is 11.8 Å². The minimum Gasteiger partial charge on any atom is -0.507 e. The Labute approximate surface area is 134 Å². The number of hydrogen-bond acceptors (Lipinski definition) is 4. The van der Waals surface area contributed by atoms with E-state index < -0.39 is 0 Å². The fraction of sp³-hybridized carbons (Fsp3) is 0.333.